The van der Waals surface area contributed by atoms with E-state index in [4.69, 9.17) is 9.84 Å². The summed E-state index contributed by atoms with van der Waals surface area (Å²) in [5.74, 6) is -2.34. The summed E-state index contributed by atoms with van der Waals surface area (Å²) in [6.45, 7) is 1.87. The number of Topliss-reactive ketones (excluding diaryl/α,β-unsaturated/α-hetero) is 1. The van der Waals surface area contributed by atoms with Crippen LogP contribution in [0, 0.1) is 0 Å². The number of hydrogen-bond donors (Lipinski definition) is 1. The van der Waals surface area contributed by atoms with Crippen molar-refractivity contribution in [3.8, 4) is 0 Å². The Labute approximate surface area is 87.5 Å². The fraction of sp³-hybridized carbons (Fsp3) is 0.273. The molecule has 0 spiro atoms. The van der Waals surface area contributed by atoms with Crippen LogP contribution in [0.15, 0.2) is 24.3 Å². The van der Waals surface area contributed by atoms with Crippen molar-refractivity contribution in [2.75, 3.05) is 7.11 Å². The highest BCUT2D eigenvalue weighted by molar-refractivity contribution is 6.39. The number of ketones is 1. The first-order chi connectivity index (χ1) is 7.06. The Morgan fingerprint density at radius 2 is 1.80 bits per heavy atom. The van der Waals surface area contributed by atoms with E-state index in [1.807, 2.05) is 6.92 Å². The molecule has 0 aliphatic rings. The number of rotatable bonds is 4. The van der Waals surface area contributed by atoms with E-state index in [1.54, 1.807) is 19.2 Å². The molecule has 4 nitrogen and oxygen atoms in total. The van der Waals surface area contributed by atoms with E-state index in [0.29, 0.717) is 0 Å². The summed E-state index contributed by atoms with van der Waals surface area (Å²) in [7, 11) is 1.58. The summed E-state index contributed by atoms with van der Waals surface area (Å²) in [5, 5.41) is 8.49. The van der Waals surface area contributed by atoms with Crippen LogP contribution in [-0.4, -0.2) is 24.0 Å². The van der Waals surface area contributed by atoms with Crippen LogP contribution in [-0.2, 0) is 9.53 Å². The van der Waals surface area contributed by atoms with Crippen LogP contribution in [0.5, 0.6) is 0 Å². The number of ether oxygens (including phenoxy) is 1. The number of hydrogen-bond acceptors (Lipinski definition) is 3. The van der Waals surface area contributed by atoms with Crippen molar-refractivity contribution in [2.24, 2.45) is 0 Å². The molecule has 0 amide bonds. The Hall–Kier alpha value is -1.68. The van der Waals surface area contributed by atoms with E-state index in [0.717, 1.165) is 5.56 Å². The maximum atomic E-state index is 11.1. The molecule has 0 radical (unpaired) electrons. The average Bonchev–Trinajstić information content (AvgIpc) is 2.27. The van der Waals surface area contributed by atoms with E-state index in [9.17, 15) is 9.59 Å². The Morgan fingerprint density at radius 1 is 1.27 bits per heavy atom. The molecule has 0 fully saturated rings. The van der Waals surface area contributed by atoms with Gasteiger partial charge in [-0.05, 0) is 12.5 Å². The predicted octanol–water partition coefficient (Wildman–Crippen LogP) is 1.66. The number of carboxylic acids is 1. The van der Waals surface area contributed by atoms with Gasteiger partial charge in [0.1, 0.15) is 0 Å². The molecule has 80 valence electrons. The third kappa shape index (κ3) is 2.63. The Bertz CT molecular complexity index is 367. The minimum atomic E-state index is -1.44. The number of carbonyl (C=O) groups excluding carboxylic acids is 1. The van der Waals surface area contributed by atoms with Crippen molar-refractivity contribution < 1.29 is 19.4 Å². The van der Waals surface area contributed by atoms with Gasteiger partial charge in [-0.3, -0.25) is 4.79 Å². The zero-order valence-corrected chi connectivity index (χ0v) is 8.56. The minimum Gasteiger partial charge on any atom is -0.475 e. The molecular formula is C11H12O4. The molecule has 1 rings (SSSR count). The predicted molar refractivity (Wildman–Crippen MR) is 53.8 cm³/mol. The summed E-state index contributed by atoms with van der Waals surface area (Å²) in [5.41, 5.74) is 1.08. The first kappa shape index (κ1) is 11.4. The molecule has 0 saturated heterocycles. The van der Waals surface area contributed by atoms with Gasteiger partial charge in [0.15, 0.2) is 0 Å². The van der Waals surface area contributed by atoms with Gasteiger partial charge in [-0.15, -0.1) is 0 Å². The molecule has 0 heterocycles. The Balaban J connectivity index is 2.90. The van der Waals surface area contributed by atoms with Crippen LogP contribution >= 0.6 is 0 Å². The topological polar surface area (TPSA) is 63.6 Å². The van der Waals surface area contributed by atoms with E-state index in [-0.39, 0.29) is 11.7 Å². The van der Waals surface area contributed by atoms with E-state index in [2.05, 4.69) is 0 Å². The van der Waals surface area contributed by atoms with Gasteiger partial charge in [0, 0.05) is 12.7 Å². The molecule has 0 aliphatic heterocycles. The smallest absolute Gasteiger partial charge is 0.377 e. The monoisotopic (exact) mass is 208 g/mol. The van der Waals surface area contributed by atoms with E-state index >= 15 is 0 Å². The highest BCUT2D eigenvalue weighted by Gasteiger charge is 2.14. The van der Waals surface area contributed by atoms with Crippen molar-refractivity contribution >= 4 is 11.8 Å². The summed E-state index contributed by atoms with van der Waals surface area (Å²) < 4.78 is 5.08. The van der Waals surface area contributed by atoms with Gasteiger partial charge in [-0.25, -0.2) is 4.79 Å². The van der Waals surface area contributed by atoms with Crippen molar-refractivity contribution in [1.82, 2.24) is 0 Å². The lowest BCUT2D eigenvalue weighted by Crippen LogP contribution is -2.12. The second-order valence-corrected chi connectivity index (χ2v) is 3.13. The number of aliphatic carboxylic acids is 1. The lowest BCUT2D eigenvalue weighted by Gasteiger charge is -2.09. The molecule has 0 bridgehead atoms. The van der Waals surface area contributed by atoms with Crippen LogP contribution in [0.25, 0.3) is 0 Å². The Kier molecular flexibility index (Phi) is 3.57. The van der Waals surface area contributed by atoms with Crippen molar-refractivity contribution in [3.63, 3.8) is 0 Å². The molecule has 1 unspecified atom stereocenters. The minimum absolute atomic E-state index is 0.0704. The fourth-order valence-electron chi connectivity index (χ4n) is 1.17. The van der Waals surface area contributed by atoms with Crippen molar-refractivity contribution in [3.05, 3.63) is 35.4 Å². The van der Waals surface area contributed by atoms with Crippen LogP contribution in [0.1, 0.15) is 28.9 Å². The molecule has 1 N–H and O–H groups in total. The highest BCUT2D eigenvalue weighted by atomic mass is 16.5. The largest absolute Gasteiger partial charge is 0.475 e. The van der Waals surface area contributed by atoms with E-state index < -0.39 is 11.8 Å². The van der Waals surface area contributed by atoms with Crippen LogP contribution in [0.3, 0.4) is 0 Å². The van der Waals surface area contributed by atoms with Crippen LogP contribution in [0.4, 0.5) is 0 Å². The van der Waals surface area contributed by atoms with Crippen LogP contribution < -0.4 is 0 Å². The maximum absolute atomic E-state index is 11.1. The summed E-state index contributed by atoms with van der Waals surface area (Å²) in [6, 6.07) is 6.34. The van der Waals surface area contributed by atoms with Crippen molar-refractivity contribution in [1.29, 1.82) is 0 Å². The third-order valence-corrected chi connectivity index (χ3v) is 2.19. The summed E-state index contributed by atoms with van der Waals surface area (Å²) >= 11 is 0. The molecule has 0 aliphatic carbocycles. The first-order valence-electron chi connectivity index (χ1n) is 4.46. The second kappa shape index (κ2) is 4.70. The SMILES string of the molecule is COC(C)c1ccc(C(=O)C(=O)O)cc1. The molecular weight excluding hydrogens is 196 g/mol. The lowest BCUT2D eigenvalue weighted by atomic mass is 10.1. The molecule has 0 aromatic heterocycles. The first-order valence-corrected chi connectivity index (χ1v) is 4.46. The second-order valence-electron chi connectivity index (χ2n) is 3.13. The zero-order chi connectivity index (χ0) is 11.4. The van der Waals surface area contributed by atoms with Gasteiger partial charge >= 0.3 is 5.97 Å². The molecule has 1 aromatic rings. The van der Waals surface area contributed by atoms with Gasteiger partial charge in [0.25, 0.3) is 5.78 Å². The van der Waals surface area contributed by atoms with Crippen molar-refractivity contribution in [2.45, 2.75) is 13.0 Å². The van der Waals surface area contributed by atoms with Gasteiger partial charge in [0.2, 0.25) is 0 Å². The fourth-order valence-corrected chi connectivity index (χ4v) is 1.17. The quantitative estimate of drug-likeness (QED) is 0.603. The van der Waals surface area contributed by atoms with Gasteiger partial charge in [0.05, 0.1) is 6.10 Å². The maximum Gasteiger partial charge on any atom is 0.377 e. The summed E-state index contributed by atoms with van der Waals surface area (Å²) in [4.78, 5) is 21.5. The number of carbonyl (C=O) groups is 2. The third-order valence-electron chi connectivity index (χ3n) is 2.19. The number of carboxylic acid groups (broad SMARTS) is 1. The normalized spacial score (nSPS) is 12.1. The average molecular weight is 208 g/mol. The Morgan fingerprint density at radius 3 is 2.20 bits per heavy atom. The lowest BCUT2D eigenvalue weighted by molar-refractivity contribution is -0.131. The molecule has 1 aromatic carbocycles. The molecule has 4 heteroatoms. The van der Waals surface area contributed by atoms with E-state index in [1.165, 1.54) is 12.1 Å². The molecule has 1 atom stereocenters. The summed E-state index contributed by atoms with van der Waals surface area (Å²) in [6.07, 6.45) is -0.0704. The van der Waals surface area contributed by atoms with Gasteiger partial charge in [-0.1, -0.05) is 24.3 Å². The zero-order valence-electron chi connectivity index (χ0n) is 8.56. The van der Waals surface area contributed by atoms with Gasteiger partial charge < -0.3 is 9.84 Å². The highest BCUT2D eigenvalue weighted by Crippen LogP contribution is 2.16. The molecule has 0 saturated carbocycles. The van der Waals surface area contributed by atoms with Crippen LogP contribution in [0.2, 0.25) is 0 Å². The standard InChI is InChI=1S/C11H12O4/c1-7(15-2)8-3-5-9(6-4-8)10(12)11(13)14/h3-7H,1-2H3,(H,13,14). The van der Waals surface area contributed by atoms with Gasteiger partial charge in [-0.2, -0.15) is 0 Å². The number of methoxy groups -OCH3 is 1. The molecule has 15 heavy (non-hydrogen) atoms. The number of benzene rings is 1.